The van der Waals surface area contributed by atoms with Gasteiger partial charge in [0, 0.05) is 24.0 Å². The maximum Gasteiger partial charge on any atom is 0.119 e. The average molecular weight is 411 g/mol. The van der Waals surface area contributed by atoms with Crippen LogP contribution in [0.15, 0.2) is 60.7 Å². The largest absolute Gasteiger partial charge is 0.491 e. The molecule has 0 saturated heterocycles. The third-order valence-corrected chi connectivity index (χ3v) is 6.19. The summed E-state index contributed by atoms with van der Waals surface area (Å²) in [5.41, 5.74) is 6.25. The lowest BCUT2D eigenvalue weighted by molar-refractivity contribution is 0.242. The SMILES string of the molecule is CCCN1CCc2c(c(-c3ccc(OC(C)C)cc3)nc3ccc4ccccc4c23)C1. The molecule has 0 fully saturated rings. The molecule has 1 aromatic heterocycles. The van der Waals surface area contributed by atoms with Crippen molar-refractivity contribution in [1.82, 2.24) is 9.88 Å². The van der Waals surface area contributed by atoms with Crippen molar-refractivity contribution in [3.8, 4) is 17.0 Å². The Labute approximate surface area is 184 Å². The highest BCUT2D eigenvalue weighted by Crippen LogP contribution is 2.37. The van der Waals surface area contributed by atoms with Gasteiger partial charge in [-0.05, 0) is 85.5 Å². The second-order valence-electron chi connectivity index (χ2n) is 8.82. The van der Waals surface area contributed by atoms with Crippen LogP contribution in [-0.4, -0.2) is 29.1 Å². The number of ether oxygens (including phenoxy) is 1. The standard InChI is InChI=1S/C28H30N2O/c1-4-16-30-17-15-24-25(18-30)28(21-9-12-22(13-10-21)31-19(2)3)29-26-14-11-20-7-5-6-8-23(20)27(24)26/h5-14,19H,4,15-18H2,1-3H3. The smallest absolute Gasteiger partial charge is 0.119 e. The second kappa shape index (κ2) is 8.32. The molecular weight excluding hydrogens is 380 g/mol. The van der Waals surface area contributed by atoms with Crippen molar-refractivity contribution in [3.63, 3.8) is 0 Å². The molecule has 0 atom stereocenters. The van der Waals surface area contributed by atoms with Crippen LogP contribution in [0.25, 0.3) is 32.9 Å². The summed E-state index contributed by atoms with van der Waals surface area (Å²) in [6.07, 6.45) is 2.42. The van der Waals surface area contributed by atoms with E-state index in [1.807, 2.05) is 0 Å². The van der Waals surface area contributed by atoms with E-state index < -0.39 is 0 Å². The van der Waals surface area contributed by atoms with E-state index in [1.165, 1.54) is 39.3 Å². The van der Waals surface area contributed by atoms with Gasteiger partial charge in [-0.25, -0.2) is 4.98 Å². The lowest BCUT2D eigenvalue weighted by Gasteiger charge is -2.31. The fourth-order valence-corrected chi connectivity index (χ4v) is 4.88. The predicted octanol–water partition coefficient (Wildman–Crippen LogP) is 6.61. The molecule has 1 aliphatic rings. The van der Waals surface area contributed by atoms with Gasteiger partial charge in [0.15, 0.2) is 0 Å². The lowest BCUT2D eigenvalue weighted by Crippen LogP contribution is -2.32. The topological polar surface area (TPSA) is 25.4 Å². The van der Waals surface area contributed by atoms with E-state index in [2.05, 4.69) is 86.3 Å². The molecule has 0 unspecified atom stereocenters. The Hall–Kier alpha value is -2.91. The van der Waals surface area contributed by atoms with Crippen molar-refractivity contribution in [2.24, 2.45) is 0 Å². The van der Waals surface area contributed by atoms with E-state index in [0.29, 0.717) is 0 Å². The Morgan fingerprint density at radius 1 is 0.968 bits per heavy atom. The van der Waals surface area contributed by atoms with Crippen LogP contribution in [0.4, 0.5) is 0 Å². The van der Waals surface area contributed by atoms with Crippen molar-refractivity contribution in [3.05, 3.63) is 71.8 Å². The van der Waals surface area contributed by atoms with Gasteiger partial charge in [0.25, 0.3) is 0 Å². The molecule has 0 N–H and O–H groups in total. The first-order chi connectivity index (χ1) is 15.1. The molecule has 0 saturated carbocycles. The maximum atomic E-state index is 5.86. The highest BCUT2D eigenvalue weighted by Gasteiger charge is 2.24. The van der Waals surface area contributed by atoms with Gasteiger partial charge in [0.2, 0.25) is 0 Å². The van der Waals surface area contributed by atoms with E-state index >= 15 is 0 Å². The molecule has 5 rings (SSSR count). The van der Waals surface area contributed by atoms with Gasteiger partial charge in [0.1, 0.15) is 5.75 Å². The molecule has 3 aromatic carbocycles. The van der Waals surface area contributed by atoms with Crippen LogP contribution < -0.4 is 4.74 Å². The Balaban J connectivity index is 1.71. The monoisotopic (exact) mass is 410 g/mol. The minimum Gasteiger partial charge on any atom is -0.491 e. The zero-order valence-electron chi connectivity index (χ0n) is 18.7. The van der Waals surface area contributed by atoms with E-state index in [9.17, 15) is 0 Å². The molecule has 0 bridgehead atoms. The van der Waals surface area contributed by atoms with Crippen molar-refractivity contribution in [2.75, 3.05) is 13.1 Å². The van der Waals surface area contributed by atoms with Crippen molar-refractivity contribution >= 4 is 21.7 Å². The van der Waals surface area contributed by atoms with Crippen LogP contribution in [0, 0.1) is 0 Å². The zero-order chi connectivity index (χ0) is 21.4. The summed E-state index contributed by atoms with van der Waals surface area (Å²) in [7, 11) is 0. The molecule has 0 spiro atoms. The number of hydrogen-bond donors (Lipinski definition) is 0. The van der Waals surface area contributed by atoms with Gasteiger partial charge in [-0.15, -0.1) is 0 Å². The van der Waals surface area contributed by atoms with Crippen molar-refractivity contribution < 1.29 is 4.74 Å². The lowest BCUT2D eigenvalue weighted by atomic mass is 9.89. The third kappa shape index (κ3) is 3.79. The first kappa shape index (κ1) is 20.0. The summed E-state index contributed by atoms with van der Waals surface area (Å²) in [4.78, 5) is 7.80. The molecule has 1 aliphatic heterocycles. The van der Waals surface area contributed by atoms with E-state index in [4.69, 9.17) is 9.72 Å². The molecule has 2 heterocycles. The van der Waals surface area contributed by atoms with Gasteiger partial charge in [-0.3, -0.25) is 4.90 Å². The Kier molecular flexibility index (Phi) is 5.37. The van der Waals surface area contributed by atoms with Gasteiger partial charge < -0.3 is 4.74 Å². The number of nitrogens with zero attached hydrogens (tertiary/aromatic N) is 2. The summed E-state index contributed by atoms with van der Waals surface area (Å²) in [6, 6.07) is 21.6. The van der Waals surface area contributed by atoms with Crippen LogP contribution in [0.3, 0.4) is 0 Å². The molecule has 4 aromatic rings. The summed E-state index contributed by atoms with van der Waals surface area (Å²) >= 11 is 0. The summed E-state index contributed by atoms with van der Waals surface area (Å²) in [6.45, 7) is 9.59. The fraction of sp³-hybridized carbons (Fsp3) is 0.321. The van der Waals surface area contributed by atoms with E-state index in [1.54, 1.807) is 0 Å². The Bertz CT molecular complexity index is 1230. The predicted molar refractivity (Wildman–Crippen MR) is 130 cm³/mol. The van der Waals surface area contributed by atoms with Crippen LogP contribution in [-0.2, 0) is 13.0 Å². The van der Waals surface area contributed by atoms with Crippen molar-refractivity contribution in [1.29, 1.82) is 0 Å². The number of rotatable bonds is 5. The van der Waals surface area contributed by atoms with E-state index in [-0.39, 0.29) is 6.10 Å². The molecular formula is C28H30N2O. The number of hydrogen-bond acceptors (Lipinski definition) is 3. The number of benzene rings is 3. The number of aromatic nitrogens is 1. The summed E-state index contributed by atoms with van der Waals surface area (Å²) in [5, 5.41) is 3.95. The highest BCUT2D eigenvalue weighted by atomic mass is 16.5. The molecule has 0 aliphatic carbocycles. The Morgan fingerprint density at radius 3 is 2.55 bits per heavy atom. The third-order valence-electron chi connectivity index (χ3n) is 6.19. The minimum absolute atomic E-state index is 0.174. The van der Waals surface area contributed by atoms with Crippen LogP contribution in [0.1, 0.15) is 38.3 Å². The highest BCUT2D eigenvalue weighted by molar-refractivity contribution is 6.09. The van der Waals surface area contributed by atoms with E-state index in [0.717, 1.165) is 43.0 Å². The minimum atomic E-state index is 0.174. The first-order valence-corrected chi connectivity index (χ1v) is 11.5. The molecule has 3 heteroatoms. The van der Waals surface area contributed by atoms with Crippen molar-refractivity contribution in [2.45, 2.75) is 46.3 Å². The zero-order valence-corrected chi connectivity index (χ0v) is 18.7. The number of fused-ring (bicyclic) bond motifs is 5. The normalized spacial score (nSPS) is 14.3. The van der Waals surface area contributed by atoms with Gasteiger partial charge >= 0.3 is 0 Å². The second-order valence-corrected chi connectivity index (χ2v) is 8.82. The quantitative estimate of drug-likeness (QED) is 0.346. The molecule has 158 valence electrons. The number of pyridine rings is 1. The van der Waals surface area contributed by atoms with Crippen LogP contribution in [0.5, 0.6) is 5.75 Å². The summed E-state index contributed by atoms with van der Waals surface area (Å²) in [5.74, 6) is 0.909. The van der Waals surface area contributed by atoms with Crippen LogP contribution in [0.2, 0.25) is 0 Å². The molecule has 0 amide bonds. The van der Waals surface area contributed by atoms with Gasteiger partial charge in [0.05, 0.1) is 17.3 Å². The Morgan fingerprint density at radius 2 is 1.77 bits per heavy atom. The van der Waals surface area contributed by atoms with Gasteiger partial charge in [-0.1, -0.05) is 37.3 Å². The molecule has 31 heavy (non-hydrogen) atoms. The maximum absolute atomic E-state index is 5.86. The molecule has 0 radical (unpaired) electrons. The first-order valence-electron chi connectivity index (χ1n) is 11.5. The molecule has 3 nitrogen and oxygen atoms in total. The van der Waals surface area contributed by atoms with Crippen LogP contribution >= 0.6 is 0 Å². The average Bonchev–Trinajstić information content (AvgIpc) is 2.78. The fourth-order valence-electron chi connectivity index (χ4n) is 4.88. The summed E-state index contributed by atoms with van der Waals surface area (Å²) < 4.78 is 5.86. The van der Waals surface area contributed by atoms with Gasteiger partial charge in [-0.2, -0.15) is 0 Å².